The van der Waals surface area contributed by atoms with E-state index in [1.165, 1.54) is 19.2 Å². The second-order valence-corrected chi connectivity index (χ2v) is 6.43. The van der Waals surface area contributed by atoms with Gasteiger partial charge in [-0.05, 0) is 23.5 Å². The maximum Gasteiger partial charge on any atom is 0.342 e. The lowest BCUT2D eigenvalue weighted by atomic mass is 10.0. The summed E-state index contributed by atoms with van der Waals surface area (Å²) < 4.78 is 15.4. The first kappa shape index (κ1) is 19.8. The fourth-order valence-corrected chi connectivity index (χ4v) is 1.93. The topological polar surface area (TPSA) is 82.1 Å². The number of hydrogen-bond donors (Lipinski definition) is 1. The summed E-state index contributed by atoms with van der Waals surface area (Å²) in [7, 11) is 1.44. The van der Waals surface area contributed by atoms with Crippen molar-refractivity contribution in [3.05, 3.63) is 23.3 Å². The van der Waals surface area contributed by atoms with Gasteiger partial charge in [-0.1, -0.05) is 27.7 Å². The molecule has 0 atom stereocenters. The van der Waals surface area contributed by atoms with Gasteiger partial charge in [-0.15, -0.1) is 0 Å². The lowest BCUT2D eigenvalue weighted by molar-refractivity contribution is -0.143. The fraction of sp³-hybridized carbons (Fsp3) is 0.556. The highest BCUT2D eigenvalue weighted by Crippen LogP contribution is 2.29. The molecule has 6 nitrogen and oxygen atoms in total. The maximum absolute atomic E-state index is 12.3. The maximum atomic E-state index is 12.3. The first-order chi connectivity index (χ1) is 11.2. The summed E-state index contributed by atoms with van der Waals surface area (Å²) in [6, 6.07) is 2.84. The number of hydrogen-bond acceptors (Lipinski definition) is 6. The van der Waals surface area contributed by atoms with E-state index in [9.17, 15) is 14.7 Å². The Hall–Kier alpha value is -2.24. The molecule has 0 aliphatic carbocycles. The molecule has 0 fully saturated rings. The predicted molar refractivity (Wildman–Crippen MR) is 89.3 cm³/mol. The van der Waals surface area contributed by atoms with Crippen LogP contribution in [0.1, 0.15) is 43.6 Å². The molecule has 1 aromatic rings. The number of ether oxygens (including phenoxy) is 3. The highest BCUT2D eigenvalue weighted by molar-refractivity contribution is 5.95. The van der Waals surface area contributed by atoms with Crippen molar-refractivity contribution in [2.45, 2.75) is 34.1 Å². The van der Waals surface area contributed by atoms with E-state index < -0.39 is 11.9 Å². The number of aromatic hydroxyl groups is 1. The Balaban J connectivity index is 3.04. The van der Waals surface area contributed by atoms with Gasteiger partial charge in [0.1, 0.15) is 17.1 Å². The summed E-state index contributed by atoms with van der Waals surface area (Å²) in [5.74, 6) is -0.712. The average Bonchev–Trinajstić information content (AvgIpc) is 2.50. The lowest BCUT2D eigenvalue weighted by Gasteiger charge is -2.14. The molecule has 0 saturated heterocycles. The van der Waals surface area contributed by atoms with Gasteiger partial charge in [0.05, 0.1) is 26.7 Å². The number of methoxy groups -OCH3 is 1. The van der Waals surface area contributed by atoms with Crippen LogP contribution in [-0.4, -0.2) is 37.4 Å². The van der Waals surface area contributed by atoms with Gasteiger partial charge in [-0.3, -0.25) is 4.79 Å². The Morgan fingerprint density at radius 2 is 1.62 bits per heavy atom. The monoisotopic (exact) mass is 338 g/mol. The molecular formula is C18H26O6. The normalized spacial score (nSPS) is 10.8. The van der Waals surface area contributed by atoms with Crippen LogP contribution in [0.5, 0.6) is 11.5 Å². The second-order valence-electron chi connectivity index (χ2n) is 6.43. The quantitative estimate of drug-likeness (QED) is 0.734. The third kappa shape index (κ3) is 6.10. The number of carbonyl (C=O) groups excluding carboxylic acids is 2. The smallest absolute Gasteiger partial charge is 0.342 e. The van der Waals surface area contributed by atoms with Gasteiger partial charge >= 0.3 is 11.9 Å². The van der Waals surface area contributed by atoms with Crippen LogP contribution in [0.4, 0.5) is 0 Å². The summed E-state index contributed by atoms with van der Waals surface area (Å²) in [6.07, 6.45) is -0.149. The van der Waals surface area contributed by atoms with Crippen molar-refractivity contribution in [3.8, 4) is 11.5 Å². The molecule has 0 aliphatic rings. The van der Waals surface area contributed by atoms with Crippen LogP contribution in [-0.2, 0) is 20.7 Å². The first-order valence-corrected chi connectivity index (χ1v) is 7.97. The Kier molecular flexibility index (Phi) is 7.55. The molecule has 0 heterocycles. The molecule has 0 radical (unpaired) electrons. The zero-order valence-electron chi connectivity index (χ0n) is 14.9. The number of rotatable bonds is 8. The lowest BCUT2D eigenvalue weighted by Crippen LogP contribution is -2.17. The molecular weight excluding hydrogens is 312 g/mol. The van der Waals surface area contributed by atoms with Crippen LogP contribution in [0.25, 0.3) is 0 Å². The number of phenols is 1. The van der Waals surface area contributed by atoms with Gasteiger partial charge in [0.2, 0.25) is 0 Å². The standard InChI is InChI=1S/C18H26O6/c1-11(2)9-23-16(20)7-13-6-14(22-5)8-15(19)17(13)18(21)24-10-12(3)4/h6,8,11-12,19H,7,9-10H2,1-5H3. The Labute approximate surface area is 142 Å². The minimum Gasteiger partial charge on any atom is -0.507 e. The molecule has 0 bridgehead atoms. The SMILES string of the molecule is COc1cc(O)c(C(=O)OCC(C)C)c(CC(=O)OCC(C)C)c1. The Morgan fingerprint density at radius 3 is 2.17 bits per heavy atom. The largest absolute Gasteiger partial charge is 0.507 e. The zero-order chi connectivity index (χ0) is 18.3. The molecule has 0 saturated carbocycles. The molecule has 1 aromatic carbocycles. The van der Waals surface area contributed by atoms with E-state index in [2.05, 4.69) is 0 Å². The highest BCUT2D eigenvalue weighted by Gasteiger charge is 2.22. The number of carbonyl (C=O) groups is 2. The van der Waals surface area contributed by atoms with E-state index in [1.54, 1.807) is 0 Å². The zero-order valence-corrected chi connectivity index (χ0v) is 14.9. The summed E-state index contributed by atoms with van der Waals surface area (Å²) in [5.41, 5.74) is 0.285. The summed E-state index contributed by atoms with van der Waals surface area (Å²) in [6.45, 7) is 8.19. The van der Waals surface area contributed by atoms with Crippen LogP contribution in [0, 0.1) is 11.8 Å². The molecule has 0 aliphatic heterocycles. The van der Waals surface area contributed by atoms with E-state index >= 15 is 0 Å². The Morgan fingerprint density at radius 1 is 1.04 bits per heavy atom. The van der Waals surface area contributed by atoms with Crippen molar-refractivity contribution in [1.82, 2.24) is 0 Å². The predicted octanol–water partition coefficient (Wildman–Crippen LogP) is 2.96. The van der Waals surface area contributed by atoms with Gasteiger partial charge in [-0.2, -0.15) is 0 Å². The van der Waals surface area contributed by atoms with Crippen molar-refractivity contribution in [1.29, 1.82) is 0 Å². The number of phenolic OH excluding ortho intramolecular Hbond substituents is 1. The third-order valence-corrected chi connectivity index (χ3v) is 3.07. The Bertz CT molecular complexity index is 577. The van der Waals surface area contributed by atoms with E-state index in [0.29, 0.717) is 17.9 Å². The molecule has 134 valence electrons. The van der Waals surface area contributed by atoms with E-state index in [1.807, 2.05) is 27.7 Å². The molecule has 0 amide bonds. The van der Waals surface area contributed by atoms with Crippen molar-refractivity contribution >= 4 is 11.9 Å². The summed E-state index contributed by atoms with van der Waals surface area (Å²) >= 11 is 0. The molecule has 1 rings (SSSR count). The first-order valence-electron chi connectivity index (χ1n) is 7.97. The molecule has 6 heteroatoms. The van der Waals surface area contributed by atoms with Crippen molar-refractivity contribution in [2.24, 2.45) is 11.8 Å². The van der Waals surface area contributed by atoms with Crippen molar-refractivity contribution in [2.75, 3.05) is 20.3 Å². The van der Waals surface area contributed by atoms with Crippen LogP contribution in [0.15, 0.2) is 12.1 Å². The molecule has 1 N–H and O–H groups in total. The summed E-state index contributed by atoms with van der Waals surface area (Å²) in [4.78, 5) is 24.2. The van der Waals surface area contributed by atoms with Crippen molar-refractivity contribution in [3.63, 3.8) is 0 Å². The molecule has 0 unspecified atom stereocenters. The van der Waals surface area contributed by atoms with Crippen LogP contribution < -0.4 is 4.74 Å². The third-order valence-electron chi connectivity index (χ3n) is 3.07. The van der Waals surface area contributed by atoms with Gasteiger partial charge in [0.25, 0.3) is 0 Å². The van der Waals surface area contributed by atoms with Gasteiger partial charge in [0.15, 0.2) is 0 Å². The number of benzene rings is 1. The fourth-order valence-electron chi connectivity index (χ4n) is 1.93. The van der Waals surface area contributed by atoms with E-state index in [0.717, 1.165) is 0 Å². The second kappa shape index (κ2) is 9.15. The minimum atomic E-state index is -0.671. The molecule has 0 spiro atoms. The minimum absolute atomic E-state index is 0.0297. The summed E-state index contributed by atoms with van der Waals surface area (Å²) in [5, 5.41) is 10.1. The van der Waals surface area contributed by atoms with Crippen LogP contribution >= 0.6 is 0 Å². The van der Waals surface area contributed by atoms with E-state index in [4.69, 9.17) is 14.2 Å². The van der Waals surface area contributed by atoms with Crippen molar-refractivity contribution < 1.29 is 28.9 Å². The number of esters is 2. The average molecular weight is 338 g/mol. The van der Waals surface area contributed by atoms with Gasteiger partial charge < -0.3 is 19.3 Å². The van der Waals surface area contributed by atoms with Gasteiger partial charge in [-0.25, -0.2) is 4.79 Å². The van der Waals surface area contributed by atoms with Crippen LogP contribution in [0.2, 0.25) is 0 Å². The van der Waals surface area contributed by atoms with Gasteiger partial charge in [0, 0.05) is 6.07 Å². The van der Waals surface area contributed by atoms with E-state index in [-0.39, 0.29) is 36.2 Å². The highest BCUT2D eigenvalue weighted by atomic mass is 16.5. The molecule has 24 heavy (non-hydrogen) atoms. The molecule has 0 aromatic heterocycles. The van der Waals surface area contributed by atoms with Crippen LogP contribution in [0.3, 0.4) is 0 Å².